The van der Waals surface area contributed by atoms with Gasteiger partial charge in [-0.25, -0.2) is 4.79 Å². The molecular weight excluding hydrogens is 426 g/mol. The second kappa shape index (κ2) is 10.3. The molecule has 0 amide bonds. The van der Waals surface area contributed by atoms with Crippen molar-refractivity contribution in [3.63, 3.8) is 0 Å². The number of hydrogen-bond donors (Lipinski definition) is 2. The summed E-state index contributed by atoms with van der Waals surface area (Å²) in [6, 6.07) is 14.9. The number of methoxy groups -OCH3 is 1. The fourth-order valence-corrected chi connectivity index (χ4v) is 3.09. The van der Waals surface area contributed by atoms with Crippen molar-refractivity contribution in [1.82, 2.24) is 0 Å². The molecule has 9 heteroatoms. The Labute approximate surface area is 190 Å². The summed E-state index contributed by atoms with van der Waals surface area (Å²) in [6.07, 6.45) is 1.40. The van der Waals surface area contributed by atoms with Crippen molar-refractivity contribution in [1.29, 1.82) is 0 Å². The molecule has 9 nitrogen and oxygen atoms in total. The first-order chi connectivity index (χ1) is 15.8. The smallest absolute Gasteiger partial charge is 0.335 e. The number of carboxylic acids is 1. The van der Waals surface area contributed by atoms with E-state index in [2.05, 4.69) is 10.5 Å². The van der Waals surface area contributed by atoms with Gasteiger partial charge in [-0.15, -0.1) is 0 Å². The lowest BCUT2D eigenvalue weighted by Gasteiger charge is -2.13. The minimum absolute atomic E-state index is 0.0396. The molecule has 0 bridgehead atoms. The maximum absolute atomic E-state index is 11.7. The summed E-state index contributed by atoms with van der Waals surface area (Å²) in [6.45, 7) is 4.08. The van der Waals surface area contributed by atoms with Crippen LogP contribution in [0.5, 0.6) is 11.5 Å². The maximum atomic E-state index is 11.7. The first-order valence-electron chi connectivity index (χ1n) is 9.96. The number of anilines is 1. The summed E-state index contributed by atoms with van der Waals surface area (Å²) >= 11 is 0. The lowest BCUT2D eigenvalue weighted by Crippen LogP contribution is -2.04. The molecule has 0 aromatic heterocycles. The molecule has 0 saturated heterocycles. The molecule has 0 unspecified atom stereocenters. The topological polar surface area (TPSA) is 123 Å². The minimum atomic E-state index is -1.02. The zero-order chi connectivity index (χ0) is 24.0. The molecule has 0 atom stereocenters. The third kappa shape index (κ3) is 5.85. The van der Waals surface area contributed by atoms with E-state index in [1.807, 2.05) is 32.0 Å². The van der Waals surface area contributed by atoms with Crippen molar-refractivity contribution >= 4 is 23.6 Å². The maximum Gasteiger partial charge on any atom is 0.335 e. The van der Waals surface area contributed by atoms with E-state index in [1.165, 1.54) is 31.5 Å². The van der Waals surface area contributed by atoms with Crippen LogP contribution in [-0.4, -0.2) is 29.3 Å². The lowest BCUT2D eigenvalue weighted by molar-refractivity contribution is -0.386. The van der Waals surface area contributed by atoms with E-state index in [0.717, 1.165) is 16.7 Å². The standard InChI is InChI=1S/C24H23N3O6/c1-15-4-5-16(2)19(10-15)14-33-23-21(27(30)31)11-17(12-22(23)32-3)13-25-26-20-8-6-18(7-9-20)24(28)29/h4-13,26H,14H2,1-3H3,(H,28,29). The Kier molecular flexibility index (Phi) is 7.24. The number of ether oxygens (including phenoxy) is 2. The number of hydrazone groups is 1. The molecule has 0 saturated carbocycles. The molecule has 3 rings (SSSR count). The predicted octanol–water partition coefficient (Wildman–Crippen LogP) is 4.94. The van der Waals surface area contributed by atoms with E-state index >= 15 is 0 Å². The molecule has 33 heavy (non-hydrogen) atoms. The molecule has 0 radical (unpaired) electrons. The van der Waals surface area contributed by atoms with Crippen molar-refractivity contribution in [2.75, 3.05) is 12.5 Å². The second-order valence-electron chi connectivity index (χ2n) is 7.30. The summed E-state index contributed by atoms with van der Waals surface area (Å²) in [4.78, 5) is 22.1. The first kappa shape index (κ1) is 23.3. The van der Waals surface area contributed by atoms with Gasteiger partial charge in [0.2, 0.25) is 5.75 Å². The number of rotatable bonds is 9. The summed E-state index contributed by atoms with van der Waals surface area (Å²) < 4.78 is 11.2. The number of aromatic carboxylic acids is 1. The number of nitro groups is 1. The average molecular weight is 449 g/mol. The quantitative estimate of drug-likeness (QED) is 0.269. The van der Waals surface area contributed by atoms with Crippen LogP contribution in [0, 0.1) is 24.0 Å². The van der Waals surface area contributed by atoms with Gasteiger partial charge in [0.25, 0.3) is 0 Å². The van der Waals surface area contributed by atoms with Crippen molar-refractivity contribution in [3.8, 4) is 11.5 Å². The number of nitrogens with one attached hydrogen (secondary N) is 1. The van der Waals surface area contributed by atoms with Crippen molar-refractivity contribution in [3.05, 3.63) is 92.5 Å². The molecule has 170 valence electrons. The van der Waals surface area contributed by atoms with Gasteiger partial charge >= 0.3 is 11.7 Å². The molecule has 2 N–H and O–H groups in total. The van der Waals surface area contributed by atoms with Gasteiger partial charge < -0.3 is 14.6 Å². The normalized spacial score (nSPS) is 10.8. The zero-order valence-electron chi connectivity index (χ0n) is 18.4. The van der Waals surface area contributed by atoms with Crippen LogP contribution in [-0.2, 0) is 6.61 Å². The van der Waals surface area contributed by atoms with Crippen LogP contribution in [0.2, 0.25) is 0 Å². The number of carboxylic acid groups (broad SMARTS) is 1. The fourth-order valence-electron chi connectivity index (χ4n) is 3.09. The molecule has 3 aromatic rings. The SMILES string of the molecule is COc1cc(C=NNc2ccc(C(=O)O)cc2)cc([N+](=O)[O-])c1OCc1cc(C)ccc1C. The van der Waals surface area contributed by atoms with Crippen LogP contribution in [0.15, 0.2) is 59.7 Å². The van der Waals surface area contributed by atoms with E-state index in [9.17, 15) is 14.9 Å². The van der Waals surface area contributed by atoms with Crippen LogP contribution >= 0.6 is 0 Å². The molecule has 0 spiro atoms. The van der Waals surface area contributed by atoms with E-state index in [-0.39, 0.29) is 29.4 Å². The van der Waals surface area contributed by atoms with Gasteiger partial charge in [0.1, 0.15) is 6.61 Å². The number of carbonyl (C=O) groups is 1. The number of hydrogen-bond acceptors (Lipinski definition) is 7. The Morgan fingerprint density at radius 3 is 2.52 bits per heavy atom. The summed E-state index contributed by atoms with van der Waals surface area (Å²) in [7, 11) is 1.41. The minimum Gasteiger partial charge on any atom is -0.493 e. The van der Waals surface area contributed by atoms with E-state index in [1.54, 1.807) is 18.2 Å². The Balaban J connectivity index is 1.82. The third-order valence-corrected chi connectivity index (χ3v) is 4.89. The number of nitrogens with zero attached hydrogens (tertiary/aromatic N) is 2. The van der Waals surface area contributed by atoms with Crippen LogP contribution in [0.4, 0.5) is 11.4 Å². The molecular formula is C24H23N3O6. The molecule has 0 aliphatic heterocycles. The van der Waals surface area contributed by atoms with Gasteiger partial charge in [0, 0.05) is 11.6 Å². The number of nitro benzene ring substituents is 1. The second-order valence-corrected chi connectivity index (χ2v) is 7.30. The van der Waals surface area contributed by atoms with Gasteiger partial charge in [0.15, 0.2) is 5.75 Å². The highest BCUT2D eigenvalue weighted by molar-refractivity contribution is 5.88. The van der Waals surface area contributed by atoms with Crippen LogP contribution in [0.25, 0.3) is 0 Å². The van der Waals surface area contributed by atoms with E-state index in [4.69, 9.17) is 14.6 Å². The highest BCUT2D eigenvalue weighted by Gasteiger charge is 2.22. The van der Waals surface area contributed by atoms with Crippen LogP contribution in [0.1, 0.15) is 32.6 Å². The van der Waals surface area contributed by atoms with Gasteiger partial charge in [-0.05, 0) is 55.3 Å². The molecule has 0 heterocycles. The Hall–Kier alpha value is -4.40. The highest BCUT2D eigenvalue weighted by atomic mass is 16.6. The number of aryl methyl sites for hydroxylation is 2. The van der Waals surface area contributed by atoms with Crippen molar-refractivity contribution in [2.45, 2.75) is 20.5 Å². The average Bonchev–Trinajstić information content (AvgIpc) is 2.79. The molecule has 0 fully saturated rings. The molecule has 3 aromatic carbocycles. The van der Waals surface area contributed by atoms with Gasteiger partial charge in [0.05, 0.1) is 29.5 Å². The largest absolute Gasteiger partial charge is 0.493 e. The van der Waals surface area contributed by atoms with Crippen molar-refractivity contribution in [2.24, 2.45) is 5.10 Å². The van der Waals surface area contributed by atoms with Crippen molar-refractivity contribution < 1.29 is 24.3 Å². The van der Waals surface area contributed by atoms with Crippen LogP contribution in [0.3, 0.4) is 0 Å². The van der Waals surface area contributed by atoms with Gasteiger partial charge in [-0.3, -0.25) is 15.5 Å². The molecule has 0 aliphatic carbocycles. The van der Waals surface area contributed by atoms with E-state index in [0.29, 0.717) is 11.3 Å². The van der Waals surface area contributed by atoms with Gasteiger partial charge in [-0.2, -0.15) is 5.10 Å². The Bertz CT molecular complexity index is 1210. The summed E-state index contributed by atoms with van der Waals surface area (Å²) in [5.74, 6) is -0.774. The van der Waals surface area contributed by atoms with E-state index < -0.39 is 10.9 Å². The number of benzene rings is 3. The third-order valence-electron chi connectivity index (χ3n) is 4.89. The zero-order valence-corrected chi connectivity index (χ0v) is 18.4. The lowest BCUT2D eigenvalue weighted by atomic mass is 10.1. The Morgan fingerprint density at radius 1 is 1.15 bits per heavy atom. The monoisotopic (exact) mass is 449 g/mol. The van der Waals surface area contributed by atoms with Crippen LogP contribution < -0.4 is 14.9 Å². The molecule has 0 aliphatic rings. The fraction of sp³-hybridized carbons (Fsp3) is 0.167. The Morgan fingerprint density at radius 2 is 1.88 bits per heavy atom. The summed E-state index contributed by atoms with van der Waals surface area (Å²) in [5, 5.41) is 24.7. The first-order valence-corrected chi connectivity index (χ1v) is 9.96. The predicted molar refractivity (Wildman–Crippen MR) is 125 cm³/mol. The summed E-state index contributed by atoms with van der Waals surface area (Å²) in [5.41, 5.74) is 6.66. The van der Waals surface area contributed by atoms with Gasteiger partial charge in [-0.1, -0.05) is 23.8 Å². The highest BCUT2D eigenvalue weighted by Crippen LogP contribution is 2.38.